The largest absolute Gasteiger partial charge is 0.381 e. The monoisotopic (exact) mass is 282 g/mol. The number of likely N-dealkylation sites (N-methyl/N-ethyl adjacent to an activating group) is 1. The Kier molecular flexibility index (Phi) is 4.29. The minimum atomic E-state index is -0.0811. The Labute approximate surface area is 121 Å². The molecular formula is C15H26N2O3. The molecule has 0 aromatic carbocycles. The number of likely N-dealkylation sites (tertiary alicyclic amines) is 1. The van der Waals surface area contributed by atoms with Crippen molar-refractivity contribution in [3.8, 4) is 0 Å². The van der Waals surface area contributed by atoms with Gasteiger partial charge in [-0.15, -0.1) is 0 Å². The van der Waals surface area contributed by atoms with Crippen molar-refractivity contribution in [2.24, 2.45) is 5.92 Å². The first-order valence-electron chi connectivity index (χ1n) is 7.85. The predicted molar refractivity (Wildman–Crippen MR) is 75.5 cm³/mol. The molecule has 114 valence electrons. The second kappa shape index (κ2) is 6.00. The third-order valence-electron chi connectivity index (χ3n) is 4.99. The summed E-state index contributed by atoms with van der Waals surface area (Å²) in [5, 5.41) is 0. The molecule has 0 aliphatic carbocycles. The third kappa shape index (κ3) is 3.15. The average Bonchev–Trinajstić information content (AvgIpc) is 2.47. The quantitative estimate of drug-likeness (QED) is 0.749. The molecule has 0 aromatic heterocycles. The van der Waals surface area contributed by atoms with Crippen molar-refractivity contribution in [2.75, 3.05) is 53.0 Å². The summed E-state index contributed by atoms with van der Waals surface area (Å²) in [4.78, 5) is 15.9. The second-order valence-electron chi connectivity index (χ2n) is 6.61. The topological polar surface area (TPSA) is 42.0 Å². The molecule has 1 unspecified atom stereocenters. The maximum atomic E-state index is 11.5. The van der Waals surface area contributed by atoms with Crippen LogP contribution in [0.2, 0.25) is 0 Å². The number of rotatable bonds is 2. The van der Waals surface area contributed by atoms with E-state index in [1.165, 1.54) is 12.8 Å². The van der Waals surface area contributed by atoms with Crippen molar-refractivity contribution in [3.05, 3.63) is 0 Å². The van der Waals surface area contributed by atoms with Crippen molar-refractivity contribution in [1.82, 2.24) is 9.80 Å². The molecule has 0 bridgehead atoms. The van der Waals surface area contributed by atoms with Crippen LogP contribution in [0.1, 0.15) is 25.7 Å². The zero-order chi connectivity index (χ0) is 14.0. The van der Waals surface area contributed by atoms with Crippen LogP contribution in [0.4, 0.5) is 0 Å². The Bertz CT molecular complexity index is 347. The summed E-state index contributed by atoms with van der Waals surface area (Å²) < 4.78 is 11.4. The summed E-state index contributed by atoms with van der Waals surface area (Å²) in [5.74, 6) is 0.812. The number of piperidine rings is 1. The number of carbonyl (C=O) groups excluding carboxylic acids is 1. The number of hydrogen-bond acceptors (Lipinski definition) is 4. The predicted octanol–water partition coefficient (Wildman–Crippen LogP) is 0.736. The van der Waals surface area contributed by atoms with E-state index in [4.69, 9.17) is 9.47 Å². The molecule has 1 atom stereocenters. The van der Waals surface area contributed by atoms with E-state index < -0.39 is 0 Å². The van der Waals surface area contributed by atoms with Crippen LogP contribution >= 0.6 is 0 Å². The summed E-state index contributed by atoms with van der Waals surface area (Å²) in [5.41, 5.74) is -0.0811. The summed E-state index contributed by atoms with van der Waals surface area (Å²) in [6.07, 6.45) is 4.59. The molecule has 20 heavy (non-hydrogen) atoms. The van der Waals surface area contributed by atoms with Gasteiger partial charge in [-0.05, 0) is 31.6 Å². The Morgan fingerprint density at radius 3 is 2.80 bits per heavy atom. The van der Waals surface area contributed by atoms with Gasteiger partial charge in [0.05, 0.1) is 12.2 Å². The molecule has 3 saturated heterocycles. The molecular weight excluding hydrogens is 256 g/mol. The lowest BCUT2D eigenvalue weighted by Gasteiger charge is -2.46. The van der Waals surface area contributed by atoms with E-state index in [2.05, 4.69) is 4.90 Å². The lowest BCUT2D eigenvalue weighted by Crippen LogP contribution is -2.58. The van der Waals surface area contributed by atoms with Crippen LogP contribution in [-0.2, 0) is 14.3 Å². The average molecular weight is 282 g/mol. The highest BCUT2D eigenvalue weighted by atomic mass is 16.5. The van der Waals surface area contributed by atoms with Crippen LogP contribution in [0, 0.1) is 5.92 Å². The molecule has 3 aliphatic heterocycles. The van der Waals surface area contributed by atoms with E-state index >= 15 is 0 Å². The SMILES string of the molecule is CN1CC2(CCN(CC3CCCOC3)CC2)OCC1=O. The molecule has 0 aromatic rings. The molecule has 3 fully saturated rings. The van der Waals surface area contributed by atoms with Crippen LogP contribution in [0.15, 0.2) is 0 Å². The number of ether oxygens (including phenoxy) is 2. The third-order valence-corrected chi connectivity index (χ3v) is 4.99. The second-order valence-corrected chi connectivity index (χ2v) is 6.61. The van der Waals surface area contributed by atoms with Crippen LogP contribution in [-0.4, -0.2) is 74.4 Å². The van der Waals surface area contributed by atoms with Crippen LogP contribution < -0.4 is 0 Å². The Hall–Kier alpha value is -0.650. The van der Waals surface area contributed by atoms with E-state index in [0.717, 1.165) is 52.2 Å². The van der Waals surface area contributed by atoms with Gasteiger partial charge < -0.3 is 19.3 Å². The lowest BCUT2D eigenvalue weighted by molar-refractivity contribution is -0.169. The van der Waals surface area contributed by atoms with Crippen molar-refractivity contribution < 1.29 is 14.3 Å². The number of amides is 1. The van der Waals surface area contributed by atoms with E-state index in [-0.39, 0.29) is 18.1 Å². The molecule has 0 radical (unpaired) electrons. The lowest BCUT2D eigenvalue weighted by atomic mass is 9.88. The summed E-state index contributed by atoms with van der Waals surface area (Å²) >= 11 is 0. The fourth-order valence-electron chi connectivity index (χ4n) is 3.65. The van der Waals surface area contributed by atoms with E-state index in [9.17, 15) is 4.79 Å². The smallest absolute Gasteiger partial charge is 0.248 e. The van der Waals surface area contributed by atoms with Crippen molar-refractivity contribution in [2.45, 2.75) is 31.3 Å². The van der Waals surface area contributed by atoms with Gasteiger partial charge >= 0.3 is 0 Å². The van der Waals surface area contributed by atoms with E-state index in [0.29, 0.717) is 5.92 Å². The molecule has 5 nitrogen and oxygen atoms in total. The van der Waals surface area contributed by atoms with Crippen molar-refractivity contribution >= 4 is 5.91 Å². The minimum absolute atomic E-state index is 0.0811. The molecule has 1 amide bonds. The van der Waals surface area contributed by atoms with Gasteiger partial charge in [-0.1, -0.05) is 0 Å². The van der Waals surface area contributed by atoms with Gasteiger partial charge in [0, 0.05) is 39.8 Å². The van der Waals surface area contributed by atoms with Crippen LogP contribution in [0.25, 0.3) is 0 Å². The Balaban J connectivity index is 1.48. The van der Waals surface area contributed by atoms with E-state index in [1.54, 1.807) is 0 Å². The van der Waals surface area contributed by atoms with Gasteiger partial charge in [0.15, 0.2) is 0 Å². The standard InChI is InChI=1S/C15H26N2O3/c1-16-12-15(20-11-14(16)18)4-6-17(7-5-15)9-13-3-2-8-19-10-13/h13H,2-12H2,1H3. The maximum absolute atomic E-state index is 11.5. The highest BCUT2D eigenvalue weighted by Gasteiger charge is 2.41. The molecule has 1 spiro atoms. The molecule has 5 heteroatoms. The van der Waals surface area contributed by atoms with Crippen molar-refractivity contribution in [1.29, 1.82) is 0 Å². The molecule has 0 saturated carbocycles. The fraction of sp³-hybridized carbons (Fsp3) is 0.933. The summed E-state index contributed by atoms with van der Waals surface area (Å²) in [7, 11) is 1.89. The molecule has 0 N–H and O–H groups in total. The Morgan fingerprint density at radius 2 is 2.15 bits per heavy atom. The first-order valence-corrected chi connectivity index (χ1v) is 7.85. The first kappa shape index (κ1) is 14.3. The van der Waals surface area contributed by atoms with Gasteiger partial charge in [0.2, 0.25) is 5.91 Å². The van der Waals surface area contributed by atoms with E-state index in [1.807, 2.05) is 11.9 Å². The van der Waals surface area contributed by atoms with Crippen molar-refractivity contribution in [3.63, 3.8) is 0 Å². The molecule has 3 aliphatic rings. The fourth-order valence-corrected chi connectivity index (χ4v) is 3.65. The summed E-state index contributed by atoms with van der Waals surface area (Å²) in [6, 6.07) is 0. The zero-order valence-electron chi connectivity index (χ0n) is 12.5. The normalized spacial score (nSPS) is 31.8. The van der Waals surface area contributed by atoms with Crippen LogP contribution in [0.3, 0.4) is 0 Å². The first-order chi connectivity index (χ1) is 9.67. The Morgan fingerprint density at radius 1 is 1.35 bits per heavy atom. The maximum Gasteiger partial charge on any atom is 0.248 e. The number of hydrogen-bond donors (Lipinski definition) is 0. The minimum Gasteiger partial charge on any atom is -0.381 e. The van der Waals surface area contributed by atoms with Crippen LogP contribution in [0.5, 0.6) is 0 Å². The van der Waals surface area contributed by atoms with Gasteiger partial charge in [0.25, 0.3) is 0 Å². The van der Waals surface area contributed by atoms with Gasteiger partial charge in [-0.25, -0.2) is 0 Å². The van der Waals surface area contributed by atoms with Gasteiger partial charge in [-0.3, -0.25) is 4.79 Å². The number of nitrogens with zero attached hydrogens (tertiary/aromatic N) is 2. The van der Waals surface area contributed by atoms with Gasteiger partial charge in [-0.2, -0.15) is 0 Å². The number of morpholine rings is 1. The number of carbonyl (C=O) groups is 1. The summed E-state index contributed by atoms with van der Waals surface area (Å²) in [6.45, 7) is 6.20. The highest BCUT2D eigenvalue weighted by Crippen LogP contribution is 2.30. The molecule has 3 rings (SSSR count). The molecule has 3 heterocycles. The highest BCUT2D eigenvalue weighted by molar-refractivity contribution is 5.78. The zero-order valence-corrected chi connectivity index (χ0v) is 12.5. The van der Waals surface area contributed by atoms with Gasteiger partial charge in [0.1, 0.15) is 6.61 Å².